The van der Waals surface area contributed by atoms with Gasteiger partial charge in [-0.3, -0.25) is 10.9 Å². The molecule has 0 amide bonds. The molecule has 2 aliphatic heterocycles. The van der Waals surface area contributed by atoms with E-state index in [0.717, 1.165) is 37.1 Å². The van der Waals surface area contributed by atoms with Gasteiger partial charge in [-0.25, -0.2) is 0 Å². The number of nitriles is 1. The highest BCUT2D eigenvalue weighted by atomic mass is 32.3. The molecule has 2 saturated heterocycles. The number of nitrogens with zero attached hydrogens (tertiary/aromatic N) is 2. The number of piperidine rings is 1. The zero-order chi connectivity index (χ0) is 25.7. The molecule has 7 atom stereocenters. The van der Waals surface area contributed by atoms with Gasteiger partial charge in [0.2, 0.25) is 0 Å². The predicted octanol–water partition coefficient (Wildman–Crippen LogP) is 3.86. The highest BCUT2D eigenvalue weighted by Gasteiger charge is 2.52. The van der Waals surface area contributed by atoms with Gasteiger partial charge in [-0.2, -0.15) is 5.26 Å². The first-order valence-electron chi connectivity index (χ1n) is 14.7. The van der Waals surface area contributed by atoms with E-state index in [9.17, 15) is 14.0 Å². The first-order chi connectivity index (χ1) is 17.1. The summed E-state index contributed by atoms with van der Waals surface area (Å²) in [6.07, 6.45) is 14.5. The fourth-order valence-electron chi connectivity index (χ4n) is 8.95. The van der Waals surface area contributed by atoms with E-state index in [0.29, 0.717) is 35.9 Å². The molecule has 7 nitrogen and oxygen atoms in total. The molecule has 0 bridgehead atoms. The van der Waals surface area contributed by atoms with E-state index in [1.54, 1.807) is 11.4 Å². The lowest BCUT2D eigenvalue weighted by atomic mass is 9.60. The molecular formula is C28H49N5O2S. The van der Waals surface area contributed by atoms with Crippen LogP contribution in [0.2, 0.25) is 0 Å². The quantitative estimate of drug-likeness (QED) is 0.477. The Balaban J connectivity index is 1.21. The van der Waals surface area contributed by atoms with Crippen LogP contribution in [0.3, 0.4) is 0 Å². The topological polar surface area (TPSA) is 103 Å². The standard InChI is InChI=1S/C28H49N5O2S/c1-28(2,17-29)21-10-5-19(6-11-21)27-26-23-15-20(9-14-24(23)30-16-25(26)31-32-27)18-7-12-22(13-8-18)33(3)36(4,34)35/h18-27,30-32H,5-16H2,1-4H3. The van der Waals surface area contributed by atoms with Crippen molar-refractivity contribution in [3.8, 4) is 6.07 Å². The summed E-state index contributed by atoms with van der Waals surface area (Å²) in [7, 11) is -1.35. The summed E-state index contributed by atoms with van der Waals surface area (Å²) in [5, 5.41) is 13.5. The molecule has 36 heavy (non-hydrogen) atoms. The fourth-order valence-corrected chi connectivity index (χ4v) is 9.71. The number of rotatable bonds is 5. The zero-order valence-corrected chi connectivity index (χ0v) is 23.7. The van der Waals surface area contributed by atoms with E-state index in [1.807, 2.05) is 0 Å². The van der Waals surface area contributed by atoms with E-state index >= 15 is 0 Å². The van der Waals surface area contributed by atoms with Crippen molar-refractivity contribution in [1.29, 1.82) is 5.26 Å². The summed E-state index contributed by atoms with van der Waals surface area (Å²) in [5.74, 6) is 4.18. The maximum absolute atomic E-state index is 12.0. The monoisotopic (exact) mass is 519 g/mol. The summed E-state index contributed by atoms with van der Waals surface area (Å²) >= 11 is 0. The molecule has 3 N–H and O–H groups in total. The fraction of sp³-hybridized carbons (Fsp3) is 0.964. The van der Waals surface area contributed by atoms with Crippen molar-refractivity contribution in [2.24, 2.45) is 40.9 Å². The molecule has 2 heterocycles. The van der Waals surface area contributed by atoms with Gasteiger partial charge in [-0.05, 0) is 120 Å². The SMILES string of the molecule is CN(C1CCC(C2CCC3NCC4NNC(C5CCC(C(C)(C)C#N)CC5)C4C3C2)CC1)[S+](C)(=O)[O-]. The molecule has 5 rings (SSSR count). The van der Waals surface area contributed by atoms with Crippen LogP contribution < -0.4 is 16.2 Å². The van der Waals surface area contributed by atoms with Gasteiger partial charge in [0.1, 0.15) is 16.7 Å². The molecule has 8 heteroatoms. The third-order valence-corrected chi connectivity index (χ3v) is 12.7. The Morgan fingerprint density at radius 3 is 2.19 bits per heavy atom. The van der Waals surface area contributed by atoms with Crippen LogP contribution in [0.25, 0.3) is 0 Å². The van der Waals surface area contributed by atoms with E-state index < -0.39 is 10.4 Å². The van der Waals surface area contributed by atoms with Crippen LogP contribution >= 0.6 is 0 Å². The molecular weight excluding hydrogens is 470 g/mol. The highest BCUT2D eigenvalue weighted by Crippen LogP contribution is 2.49. The third-order valence-electron chi connectivity index (χ3n) is 11.4. The van der Waals surface area contributed by atoms with Crippen LogP contribution in [0.4, 0.5) is 0 Å². The van der Waals surface area contributed by atoms with Gasteiger partial charge in [0.05, 0.1) is 17.5 Å². The van der Waals surface area contributed by atoms with Crippen LogP contribution in [0.15, 0.2) is 0 Å². The smallest absolute Gasteiger partial charge is 0.122 e. The maximum atomic E-state index is 12.0. The summed E-state index contributed by atoms with van der Waals surface area (Å²) in [6.45, 7) is 5.31. The first kappa shape index (κ1) is 27.0. The van der Waals surface area contributed by atoms with Crippen molar-refractivity contribution in [3.05, 3.63) is 0 Å². The number of hydrazine groups is 1. The Morgan fingerprint density at radius 1 is 0.917 bits per heavy atom. The van der Waals surface area contributed by atoms with Gasteiger partial charge in [0.15, 0.2) is 0 Å². The molecule has 0 radical (unpaired) electrons. The van der Waals surface area contributed by atoms with Crippen molar-refractivity contribution in [2.75, 3.05) is 19.8 Å². The van der Waals surface area contributed by atoms with Gasteiger partial charge in [0, 0.05) is 31.7 Å². The lowest BCUT2D eigenvalue weighted by molar-refractivity contribution is 0.0409. The Morgan fingerprint density at radius 2 is 1.56 bits per heavy atom. The van der Waals surface area contributed by atoms with E-state index in [4.69, 9.17) is 0 Å². The average molecular weight is 520 g/mol. The minimum atomic E-state index is -3.11. The van der Waals surface area contributed by atoms with Crippen molar-refractivity contribution < 1.29 is 8.76 Å². The second kappa shape index (κ2) is 10.5. The number of fused-ring (bicyclic) bond motifs is 3. The molecule has 5 aliphatic rings. The number of sulfonamides is 1. The lowest BCUT2D eigenvalue weighted by Gasteiger charge is -2.50. The van der Waals surface area contributed by atoms with Crippen molar-refractivity contribution >= 4 is 10.4 Å². The van der Waals surface area contributed by atoms with E-state index in [-0.39, 0.29) is 11.5 Å². The lowest BCUT2D eigenvalue weighted by Crippen LogP contribution is -2.58. The Bertz CT molecular complexity index is 854. The first-order valence-corrected chi connectivity index (χ1v) is 16.5. The molecule has 0 aromatic carbocycles. The van der Waals surface area contributed by atoms with E-state index in [2.05, 4.69) is 36.1 Å². The second-order valence-corrected chi connectivity index (χ2v) is 15.6. The van der Waals surface area contributed by atoms with Crippen LogP contribution in [0, 0.1) is 52.3 Å². The molecule has 7 unspecified atom stereocenters. The largest absolute Gasteiger partial charge is 0.598 e. The van der Waals surface area contributed by atoms with Gasteiger partial charge >= 0.3 is 0 Å². The normalized spacial score (nSPS) is 45.4. The summed E-state index contributed by atoms with van der Waals surface area (Å²) in [5.41, 5.74) is 7.26. The Labute approximate surface area is 220 Å². The van der Waals surface area contributed by atoms with Gasteiger partial charge in [0.25, 0.3) is 0 Å². The van der Waals surface area contributed by atoms with Crippen LogP contribution in [-0.2, 0) is 14.6 Å². The molecule has 0 spiro atoms. The van der Waals surface area contributed by atoms with Crippen molar-refractivity contribution in [2.45, 2.75) is 109 Å². The Kier molecular flexibility index (Phi) is 7.91. The second-order valence-electron chi connectivity index (χ2n) is 13.5. The van der Waals surface area contributed by atoms with Crippen LogP contribution in [-0.4, -0.2) is 52.9 Å². The van der Waals surface area contributed by atoms with Gasteiger partial charge in [-0.1, -0.05) is 4.21 Å². The highest BCUT2D eigenvalue weighted by molar-refractivity contribution is 7.94. The zero-order valence-electron chi connectivity index (χ0n) is 22.9. The van der Waals surface area contributed by atoms with Crippen LogP contribution in [0.1, 0.15) is 84.5 Å². The third kappa shape index (κ3) is 5.31. The number of hydrogen-bond donors (Lipinski definition) is 3. The molecule has 3 aliphatic carbocycles. The molecule has 3 saturated carbocycles. The number of nitrogens with one attached hydrogen (secondary N) is 3. The molecule has 0 aromatic heterocycles. The van der Waals surface area contributed by atoms with Crippen LogP contribution in [0.5, 0.6) is 0 Å². The minimum absolute atomic E-state index is 0.182. The maximum Gasteiger partial charge on any atom is 0.122 e. The van der Waals surface area contributed by atoms with Gasteiger partial charge in [-0.15, -0.1) is 4.31 Å². The molecule has 204 valence electrons. The minimum Gasteiger partial charge on any atom is -0.598 e. The predicted molar refractivity (Wildman–Crippen MR) is 143 cm³/mol. The van der Waals surface area contributed by atoms with Crippen molar-refractivity contribution in [1.82, 2.24) is 20.5 Å². The molecule has 5 fully saturated rings. The van der Waals surface area contributed by atoms with E-state index in [1.165, 1.54) is 64.0 Å². The van der Waals surface area contributed by atoms with Crippen molar-refractivity contribution in [3.63, 3.8) is 0 Å². The molecule has 0 aromatic rings. The van der Waals surface area contributed by atoms with Gasteiger partial charge < -0.3 is 9.87 Å². The summed E-state index contributed by atoms with van der Waals surface area (Å²) in [4.78, 5) is 0. The average Bonchev–Trinajstić information content (AvgIpc) is 3.32. The summed E-state index contributed by atoms with van der Waals surface area (Å²) < 4.78 is 25.6. The Hall–Kier alpha value is -0.560. The summed E-state index contributed by atoms with van der Waals surface area (Å²) in [6, 6.07) is 4.46. The number of hydrogen-bond acceptors (Lipinski definition) is 6.